The van der Waals surface area contributed by atoms with Gasteiger partial charge in [-0.15, -0.1) is 0 Å². The molecule has 1 fully saturated rings. The van der Waals surface area contributed by atoms with Gasteiger partial charge in [-0.1, -0.05) is 0 Å². The van der Waals surface area contributed by atoms with E-state index < -0.39 is 0 Å². The number of carbonyl (C=O) groups excluding carboxylic acids is 1. The van der Waals surface area contributed by atoms with E-state index in [-0.39, 0.29) is 0 Å². The first-order valence-corrected chi connectivity index (χ1v) is 7.15. The first-order valence-electron chi connectivity index (χ1n) is 7.15. The van der Waals surface area contributed by atoms with E-state index in [2.05, 4.69) is 20.5 Å². The first-order chi connectivity index (χ1) is 10.8. The Morgan fingerprint density at radius 1 is 1.27 bits per heavy atom. The Kier molecular flexibility index (Phi) is 3.00. The van der Waals surface area contributed by atoms with Crippen LogP contribution >= 0.6 is 0 Å². The Morgan fingerprint density at radius 3 is 2.91 bits per heavy atom. The lowest BCUT2D eigenvalue weighted by Gasteiger charge is -2.04. The van der Waals surface area contributed by atoms with Gasteiger partial charge in [-0.3, -0.25) is 9.89 Å². The molecule has 0 aliphatic heterocycles. The summed E-state index contributed by atoms with van der Waals surface area (Å²) in [7, 11) is 0. The molecule has 0 unspecified atom stereocenters. The predicted molar refractivity (Wildman–Crippen MR) is 82.7 cm³/mol. The predicted octanol–water partition coefficient (Wildman–Crippen LogP) is 2.73. The van der Waals surface area contributed by atoms with Crippen molar-refractivity contribution in [2.45, 2.75) is 18.9 Å². The summed E-state index contributed by atoms with van der Waals surface area (Å²) < 4.78 is 5.65. The number of nitrogens with zero attached hydrogens (tertiary/aromatic N) is 2. The van der Waals surface area contributed by atoms with Gasteiger partial charge in [0.25, 0.3) is 0 Å². The molecule has 2 heterocycles. The third kappa shape index (κ3) is 2.39. The average molecular weight is 294 g/mol. The third-order valence-electron chi connectivity index (χ3n) is 3.61. The third-order valence-corrected chi connectivity index (χ3v) is 3.61. The van der Waals surface area contributed by atoms with Crippen molar-refractivity contribution in [3.05, 3.63) is 36.5 Å². The second-order valence-electron chi connectivity index (χ2n) is 5.30. The normalized spacial score (nSPS) is 14.0. The van der Waals surface area contributed by atoms with Crippen molar-refractivity contribution in [2.24, 2.45) is 0 Å². The highest BCUT2D eigenvalue weighted by Crippen LogP contribution is 2.30. The SMILES string of the molecule is O=CNc1ccc2[nH]nc(-c3ccc(OC4CC4)nc3)c2c1. The molecule has 0 bridgehead atoms. The second kappa shape index (κ2) is 5.14. The highest BCUT2D eigenvalue weighted by molar-refractivity contribution is 5.95. The number of hydrogen-bond acceptors (Lipinski definition) is 4. The highest BCUT2D eigenvalue weighted by atomic mass is 16.5. The van der Waals surface area contributed by atoms with Crippen molar-refractivity contribution in [1.29, 1.82) is 0 Å². The number of benzene rings is 1. The van der Waals surface area contributed by atoms with Gasteiger partial charge >= 0.3 is 0 Å². The molecule has 22 heavy (non-hydrogen) atoms. The molecule has 0 saturated heterocycles. The van der Waals surface area contributed by atoms with Crippen molar-refractivity contribution in [3.63, 3.8) is 0 Å². The van der Waals surface area contributed by atoms with E-state index in [4.69, 9.17) is 4.74 Å². The van der Waals surface area contributed by atoms with E-state index >= 15 is 0 Å². The van der Waals surface area contributed by atoms with Crippen molar-refractivity contribution in [3.8, 4) is 17.1 Å². The summed E-state index contributed by atoms with van der Waals surface area (Å²) in [4.78, 5) is 14.9. The largest absolute Gasteiger partial charge is 0.474 e. The number of aromatic amines is 1. The molecule has 0 atom stereocenters. The maximum absolute atomic E-state index is 10.6. The van der Waals surface area contributed by atoms with Gasteiger partial charge in [0, 0.05) is 28.9 Å². The Bertz CT molecular complexity index is 822. The molecule has 0 spiro atoms. The van der Waals surface area contributed by atoms with Crippen LogP contribution in [0.2, 0.25) is 0 Å². The molecule has 1 aliphatic carbocycles. The van der Waals surface area contributed by atoms with E-state index in [1.54, 1.807) is 6.20 Å². The lowest BCUT2D eigenvalue weighted by Crippen LogP contribution is -1.97. The molecule has 4 rings (SSSR count). The zero-order valence-corrected chi connectivity index (χ0v) is 11.7. The van der Waals surface area contributed by atoms with Crippen LogP contribution < -0.4 is 10.1 Å². The first kappa shape index (κ1) is 12.8. The molecule has 6 nitrogen and oxygen atoms in total. The van der Waals surface area contributed by atoms with Gasteiger partial charge < -0.3 is 10.1 Å². The van der Waals surface area contributed by atoms with Crippen LogP contribution in [0.5, 0.6) is 5.88 Å². The monoisotopic (exact) mass is 294 g/mol. The summed E-state index contributed by atoms with van der Waals surface area (Å²) in [6, 6.07) is 9.40. The fourth-order valence-electron chi connectivity index (χ4n) is 2.34. The number of rotatable bonds is 5. The number of hydrogen-bond donors (Lipinski definition) is 2. The molecule has 6 heteroatoms. The Morgan fingerprint density at radius 2 is 2.18 bits per heavy atom. The zero-order valence-electron chi connectivity index (χ0n) is 11.7. The minimum atomic E-state index is 0.335. The quantitative estimate of drug-likeness (QED) is 0.709. The number of fused-ring (bicyclic) bond motifs is 1. The van der Waals surface area contributed by atoms with Crippen molar-refractivity contribution in [2.75, 3.05) is 5.32 Å². The highest BCUT2D eigenvalue weighted by Gasteiger charge is 2.24. The summed E-state index contributed by atoms with van der Waals surface area (Å²) in [5.41, 5.74) is 3.34. The molecular weight excluding hydrogens is 280 g/mol. The summed E-state index contributed by atoms with van der Waals surface area (Å²) in [6.07, 6.45) is 4.97. The van der Waals surface area contributed by atoms with E-state index in [0.29, 0.717) is 18.4 Å². The number of nitrogens with one attached hydrogen (secondary N) is 2. The maximum Gasteiger partial charge on any atom is 0.213 e. The minimum Gasteiger partial charge on any atom is -0.474 e. The van der Waals surface area contributed by atoms with Gasteiger partial charge in [0.2, 0.25) is 12.3 Å². The minimum absolute atomic E-state index is 0.335. The Hall–Kier alpha value is -2.89. The number of pyridine rings is 1. The van der Waals surface area contributed by atoms with Gasteiger partial charge in [0.1, 0.15) is 11.8 Å². The summed E-state index contributed by atoms with van der Waals surface area (Å²) >= 11 is 0. The number of aromatic nitrogens is 3. The summed E-state index contributed by atoms with van der Waals surface area (Å²) in [5, 5.41) is 10.9. The number of H-pyrrole nitrogens is 1. The van der Waals surface area contributed by atoms with Crippen molar-refractivity contribution < 1.29 is 9.53 Å². The molecule has 1 aliphatic rings. The summed E-state index contributed by atoms with van der Waals surface area (Å²) in [5.74, 6) is 0.648. The van der Waals surface area contributed by atoms with Crippen LogP contribution in [0.4, 0.5) is 5.69 Å². The van der Waals surface area contributed by atoms with Gasteiger partial charge in [-0.05, 0) is 37.1 Å². The van der Waals surface area contributed by atoms with Crippen LogP contribution in [0.15, 0.2) is 36.5 Å². The molecule has 2 aromatic heterocycles. The number of carbonyl (C=O) groups is 1. The molecule has 1 aromatic carbocycles. The molecule has 1 saturated carbocycles. The lowest BCUT2D eigenvalue weighted by molar-refractivity contribution is -0.105. The number of ether oxygens (including phenoxy) is 1. The molecule has 1 amide bonds. The molecule has 110 valence electrons. The fourth-order valence-corrected chi connectivity index (χ4v) is 2.34. The average Bonchev–Trinajstić information content (AvgIpc) is 3.25. The maximum atomic E-state index is 10.6. The van der Waals surface area contributed by atoms with Crippen molar-refractivity contribution >= 4 is 23.0 Å². The Labute approximate surface area is 126 Å². The van der Waals surface area contributed by atoms with E-state index in [1.807, 2.05) is 30.3 Å². The standard InChI is InChI=1S/C16H14N4O2/c21-9-18-11-2-5-14-13(7-11)16(20-19-14)10-1-6-15(17-8-10)22-12-3-4-12/h1-2,5-9,12H,3-4H2,(H,18,21)(H,19,20). The van der Waals surface area contributed by atoms with Gasteiger partial charge in [0.05, 0.1) is 5.52 Å². The van der Waals surface area contributed by atoms with Gasteiger partial charge in [0.15, 0.2) is 0 Å². The van der Waals surface area contributed by atoms with Crippen LogP contribution in [-0.4, -0.2) is 27.7 Å². The molecule has 3 aromatic rings. The summed E-state index contributed by atoms with van der Waals surface area (Å²) in [6.45, 7) is 0. The van der Waals surface area contributed by atoms with Crippen LogP contribution in [0.25, 0.3) is 22.2 Å². The van der Waals surface area contributed by atoms with E-state index in [0.717, 1.165) is 40.7 Å². The topological polar surface area (TPSA) is 79.9 Å². The molecule has 0 radical (unpaired) electrons. The van der Waals surface area contributed by atoms with Gasteiger partial charge in [-0.2, -0.15) is 5.10 Å². The smallest absolute Gasteiger partial charge is 0.213 e. The van der Waals surface area contributed by atoms with Crippen LogP contribution in [0.1, 0.15) is 12.8 Å². The second-order valence-corrected chi connectivity index (χ2v) is 5.30. The number of anilines is 1. The van der Waals surface area contributed by atoms with E-state index in [1.165, 1.54) is 0 Å². The van der Waals surface area contributed by atoms with E-state index in [9.17, 15) is 4.79 Å². The molecule has 2 N–H and O–H groups in total. The fraction of sp³-hybridized carbons (Fsp3) is 0.188. The van der Waals surface area contributed by atoms with Crippen LogP contribution in [-0.2, 0) is 4.79 Å². The number of amides is 1. The zero-order chi connectivity index (χ0) is 14.9. The lowest BCUT2D eigenvalue weighted by atomic mass is 10.1. The van der Waals surface area contributed by atoms with Gasteiger partial charge in [-0.25, -0.2) is 4.98 Å². The Balaban J connectivity index is 1.69. The molecular formula is C16H14N4O2. The van der Waals surface area contributed by atoms with Crippen LogP contribution in [0.3, 0.4) is 0 Å². The van der Waals surface area contributed by atoms with Crippen LogP contribution in [0, 0.1) is 0 Å². The van der Waals surface area contributed by atoms with Crippen molar-refractivity contribution in [1.82, 2.24) is 15.2 Å².